The minimum atomic E-state index is -0.315. The molecule has 0 radical (unpaired) electrons. The van der Waals surface area contributed by atoms with E-state index in [0.717, 1.165) is 49.7 Å². The van der Waals surface area contributed by atoms with Crippen LogP contribution in [0.4, 0.5) is 5.69 Å². The van der Waals surface area contributed by atoms with Crippen molar-refractivity contribution in [3.05, 3.63) is 65.2 Å². The Morgan fingerprint density at radius 1 is 1.07 bits per heavy atom. The predicted molar refractivity (Wildman–Crippen MR) is 116 cm³/mol. The number of rotatable bonds is 6. The molecular weight excluding hydrogens is 378 g/mol. The number of benzene rings is 2. The summed E-state index contributed by atoms with van der Waals surface area (Å²) in [4.78, 5) is 29.3. The number of morpholine rings is 1. The summed E-state index contributed by atoms with van der Waals surface area (Å²) in [6, 6.07) is 16.1. The molecule has 0 saturated carbocycles. The number of amides is 2. The Balaban J connectivity index is 1.35. The molecule has 2 aromatic carbocycles. The molecule has 0 aliphatic carbocycles. The normalized spacial score (nSPS) is 19.8. The van der Waals surface area contributed by atoms with Crippen molar-refractivity contribution in [3.63, 3.8) is 0 Å². The fraction of sp³-hybridized carbons (Fsp3) is 0.417. The average Bonchev–Trinajstić information content (AvgIpc) is 3.16. The van der Waals surface area contributed by atoms with Crippen LogP contribution in [0.5, 0.6) is 0 Å². The van der Waals surface area contributed by atoms with Crippen LogP contribution in [-0.2, 0) is 27.4 Å². The lowest BCUT2D eigenvalue weighted by molar-refractivity contribution is -0.126. The molecule has 2 aliphatic rings. The fourth-order valence-corrected chi connectivity index (χ4v) is 4.07. The van der Waals surface area contributed by atoms with Gasteiger partial charge in [-0.15, -0.1) is 0 Å². The summed E-state index contributed by atoms with van der Waals surface area (Å²) in [7, 11) is 0. The van der Waals surface area contributed by atoms with Gasteiger partial charge >= 0.3 is 0 Å². The number of nitrogens with one attached hydrogen (secondary N) is 1. The first-order valence-corrected chi connectivity index (χ1v) is 10.6. The van der Waals surface area contributed by atoms with Crippen LogP contribution in [0.2, 0.25) is 0 Å². The van der Waals surface area contributed by atoms with Crippen molar-refractivity contribution in [2.75, 3.05) is 37.7 Å². The Hall–Kier alpha value is -2.70. The number of hydrogen-bond acceptors (Lipinski definition) is 4. The molecule has 6 nitrogen and oxygen atoms in total. The maximum absolute atomic E-state index is 12.8. The average molecular weight is 408 g/mol. The molecule has 2 aromatic rings. The van der Waals surface area contributed by atoms with Crippen LogP contribution in [0.3, 0.4) is 0 Å². The maximum Gasteiger partial charge on any atom is 0.227 e. The summed E-state index contributed by atoms with van der Waals surface area (Å²) in [5.41, 5.74) is 4.35. The zero-order valence-corrected chi connectivity index (χ0v) is 17.5. The molecule has 0 spiro atoms. The molecule has 2 aliphatic heterocycles. The molecule has 6 heteroatoms. The quantitative estimate of drug-likeness (QED) is 0.799. The first-order valence-electron chi connectivity index (χ1n) is 10.6. The number of aryl methyl sites for hydroxylation is 1. The van der Waals surface area contributed by atoms with Gasteiger partial charge < -0.3 is 15.0 Å². The topological polar surface area (TPSA) is 61.9 Å². The van der Waals surface area contributed by atoms with Crippen LogP contribution in [0, 0.1) is 12.8 Å². The van der Waals surface area contributed by atoms with Gasteiger partial charge in [0.05, 0.1) is 19.1 Å². The molecule has 2 fully saturated rings. The van der Waals surface area contributed by atoms with Crippen molar-refractivity contribution in [1.29, 1.82) is 0 Å². The van der Waals surface area contributed by atoms with Crippen molar-refractivity contribution in [1.82, 2.24) is 10.2 Å². The van der Waals surface area contributed by atoms with Gasteiger partial charge in [-0.05, 0) is 30.2 Å². The molecule has 2 amide bonds. The molecule has 0 bridgehead atoms. The second-order valence-corrected chi connectivity index (χ2v) is 8.12. The Morgan fingerprint density at radius 2 is 1.77 bits per heavy atom. The van der Waals surface area contributed by atoms with Crippen molar-refractivity contribution in [3.8, 4) is 0 Å². The van der Waals surface area contributed by atoms with Gasteiger partial charge in [0.25, 0.3) is 0 Å². The van der Waals surface area contributed by atoms with Gasteiger partial charge in [0.15, 0.2) is 0 Å². The number of nitrogens with zero attached hydrogens (tertiary/aromatic N) is 2. The standard InChI is InChI=1S/C24H29N3O3/c1-18-6-8-22(9-7-18)27-17-21(14-23(27)28)24(29)25-15-19-4-2-3-5-20(19)16-26-10-12-30-13-11-26/h2-9,21H,10-17H2,1H3,(H,25,29)/t21-/m0/s1. The summed E-state index contributed by atoms with van der Waals surface area (Å²) in [5.74, 6) is -0.365. The lowest BCUT2D eigenvalue weighted by Crippen LogP contribution is -2.36. The molecular formula is C24H29N3O3. The molecule has 158 valence electrons. The SMILES string of the molecule is Cc1ccc(N2C[C@@H](C(=O)NCc3ccccc3CN3CCOCC3)CC2=O)cc1. The molecule has 0 aromatic heterocycles. The van der Waals surface area contributed by atoms with E-state index in [-0.39, 0.29) is 24.2 Å². The lowest BCUT2D eigenvalue weighted by Gasteiger charge is -2.27. The van der Waals surface area contributed by atoms with Gasteiger partial charge in [0.1, 0.15) is 0 Å². The molecule has 4 rings (SSSR count). The highest BCUT2D eigenvalue weighted by molar-refractivity contribution is 6.00. The highest BCUT2D eigenvalue weighted by atomic mass is 16.5. The minimum Gasteiger partial charge on any atom is -0.379 e. The summed E-state index contributed by atoms with van der Waals surface area (Å²) in [5, 5.41) is 3.06. The summed E-state index contributed by atoms with van der Waals surface area (Å²) in [6.07, 6.45) is 0.259. The molecule has 2 heterocycles. The van der Waals surface area contributed by atoms with Crippen LogP contribution in [-0.4, -0.2) is 49.6 Å². The van der Waals surface area contributed by atoms with Crippen molar-refractivity contribution in [2.45, 2.75) is 26.4 Å². The van der Waals surface area contributed by atoms with E-state index in [0.29, 0.717) is 13.1 Å². The molecule has 1 atom stereocenters. The van der Waals surface area contributed by atoms with Gasteiger partial charge in [-0.2, -0.15) is 0 Å². The summed E-state index contributed by atoms with van der Waals surface area (Å²) in [6.45, 7) is 7.19. The second kappa shape index (κ2) is 9.41. The van der Waals surface area contributed by atoms with Crippen molar-refractivity contribution in [2.24, 2.45) is 5.92 Å². The zero-order chi connectivity index (χ0) is 20.9. The second-order valence-electron chi connectivity index (χ2n) is 8.12. The highest BCUT2D eigenvalue weighted by Gasteiger charge is 2.35. The molecule has 2 saturated heterocycles. The Kier molecular flexibility index (Phi) is 6.45. The minimum absolute atomic E-state index is 0.00622. The van der Waals surface area contributed by atoms with Gasteiger partial charge in [-0.1, -0.05) is 42.0 Å². The van der Waals surface area contributed by atoms with Gasteiger partial charge in [0.2, 0.25) is 11.8 Å². The number of carbonyl (C=O) groups is 2. The predicted octanol–water partition coefficient (Wildman–Crippen LogP) is 2.50. The van der Waals surface area contributed by atoms with Crippen molar-refractivity contribution < 1.29 is 14.3 Å². The first kappa shape index (κ1) is 20.6. The van der Waals surface area contributed by atoms with E-state index in [1.165, 1.54) is 5.56 Å². The zero-order valence-electron chi connectivity index (χ0n) is 17.5. The summed E-state index contributed by atoms with van der Waals surface area (Å²) >= 11 is 0. The monoisotopic (exact) mass is 407 g/mol. The van der Waals surface area contributed by atoms with E-state index in [2.05, 4.69) is 22.3 Å². The van der Waals surface area contributed by atoms with Crippen LogP contribution >= 0.6 is 0 Å². The van der Waals surface area contributed by atoms with E-state index in [4.69, 9.17) is 4.74 Å². The smallest absolute Gasteiger partial charge is 0.227 e. The van der Waals surface area contributed by atoms with E-state index in [1.54, 1.807) is 4.90 Å². The third-order valence-electron chi connectivity index (χ3n) is 5.91. The Bertz CT molecular complexity index is 891. The van der Waals surface area contributed by atoms with Crippen LogP contribution < -0.4 is 10.2 Å². The maximum atomic E-state index is 12.8. The Labute approximate surface area is 177 Å². The molecule has 1 N–H and O–H groups in total. The third-order valence-corrected chi connectivity index (χ3v) is 5.91. The van der Waals surface area contributed by atoms with Gasteiger partial charge in [-0.3, -0.25) is 14.5 Å². The highest BCUT2D eigenvalue weighted by Crippen LogP contribution is 2.25. The first-order chi connectivity index (χ1) is 14.6. The van der Waals surface area contributed by atoms with Crippen LogP contribution in [0.25, 0.3) is 0 Å². The molecule has 30 heavy (non-hydrogen) atoms. The lowest BCUT2D eigenvalue weighted by atomic mass is 10.1. The van der Waals surface area contributed by atoms with Crippen LogP contribution in [0.1, 0.15) is 23.1 Å². The fourth-order valence-electron chi connectivity index (χ4n) is 4.07. The van der Waals surface area contributed by atoms with Gasteiger partial charge in [-0.25, -0.2) is 0 Å². The van der Waals surface area contributed by atoms with Crippen LogP contribution in [0.15, 0.2) is 48.5 Å². The number of ether oxygens (including phenoxy) is 1. The number of hydrogen-bond donors (Lipinski definition) is 1. The largest absolute Gasteiger partial charge is 0.379 e. The number of anilines is 1. The third kappa shape index (κ3) is 4.89. The Morgan fingerprint density at radius 3 is 2.50 bits per heavy atom. The molecule has 0 unspecified atom stereocenters. The van der Waals surface area contributed by atoms with Gasteiger partial charge in [0, 0.05) is 44.8 Å². The summed E-state index contributed by atoms with van der Waals surface area (Å²) < 4.78 is 5.43. The van der Waals surface area contributed by atoms with E-state index in [9.17, 15) is 9.59 Å². The van der Waals surface area contributed by atoms with E-state index < -0.39 is 0 Å². The van der Waals surface area contributed by atoms with E-state index in [1.807, 2.05) is 43.3 Å². The van der Waals surface area contributed by atoms with Crippen molar-refractivity contribution >= 4 is 17.5 Å². The van der Waals surface area contributed by atoms with E-state index >= 15 is 0 Å². The number of carbonyl (C=O) groups excluding carboxylic acids is 2.